The van der Waals surface area contributed by atoms with Crippen LogP contribution in [0.2, 0.25) is 0 Å². The highest BCUT2D eigenvalue weighted by molar-refractivity contribution is 5.99. The van der Waals surface area contributed by atoms with E-state index in [-0.39, 0.29) is 23.3 Å². The smallest absolute Gasteiger partial charge is 0.263 e. The molecule has 10 heteroatoms. The molecule has 35 heavy (non-hydrogen) atoms. The molecule has 4 heterocycles. The van der Waals surface area contributed by atoms with E-state index in [9.17, 15) is 14.9 Å². The fourth-order valence-corrected chi connectivity index (χ4v) is 5.20. The van der Waals surface area contributed by atoms with Gasteiger partial charge >= 0.3 is 0 Å². The third-order valence-electron chi connectivity index (χ3n) is 7.01. The summed E-state index contributed by atoms with van der Waals surface area (Å²) in [5.74, 6) is 0.286. The van der Waals surface area contributed by atoms with Crippen LogP contribution in [0.5, 0.6) is 0 Å². The first-order chi connectivity index (χ1) is 17.0. The Morgan fingerprint density at radius 3 is 2.69 bits per heavy atom. The van der Waals surface area contributed by atoms with Crippen LogP contribution < -0.4 is 21.1 Å². The van der Waals surface area contributed by atoms with Crippen molar-refractivity contribution in [2.75, 3.05) is 36.4 Å². The largest absolute Gasteiger partial charge is 0.368 e. The van der Waals surface area contributed by atoms with Crippen LogP contribution >= 0.6 is 0 Å². The van der Waals surface area contributed by atoms with Crippen molar-refractivity contribution in [1.29, 1.82) is 5.26 Å². The number of fused-ring (bicyclic) bond motifs is 1. The number of aromatic nitrogens is 4. The Balaban J connectivity index is 1.54. The van der Waals surface area contributed by atoms with Crippen molar-refractivity contribution in [3.63, 3.8) is 0 Å². The number of Topliss-reactive ketones (excluding diaryl/α,β-unsaturated/α-hetero) is 1. The summed E-state index contributed by atoms with van der Waals surface area (Å²) in [6.45, 7) is 6.91. The predicted molar refractivity (Wildman–Crippen MR) is 133 cm³/mol. The van der Waals surface area contributed by atoms with Crippen molar-refractivity contribution >= 4 is 34.3 Å². The van der Waals surface area contributed by atoms with Crippen molar-refractivity contribution < 1.29 is 4.79 Å². The fourth-order valence-electron chi connectivity index (χ4n) is 5.20. The lowest BCUT2D eigenvalue weighted by Crippen LogP contribution is -2.43. The molecule has 3 aromatic heterocycles. The van der Waals surface area contributed by atoms with Gasteiger partial charge < -0.3 is 15.5 Å². The van der Waals surface area contributed by atoms with Gasteiger partial charge in [0.05, 0.1) is 35.5 Å². The summed E-state index contributed by atoms with van der Waals surface area (Å²) < 4.78 is 1.55. The van der Waals surface area contributed by atoms with Gasteiger partial charge in [-0.1, -0.05) is 0 Å². The van der Waals surface area contributed by atoms with Crippen LogP contribution in [0.1, 0.15) is 48.1 Å². The van der Waals surface area contributed by atoms with Gasteiger partial charge in [0.15, 0.2) is 5.78 Å². The Hall–Kier alpha value is -3.84. The third kappa shape index (κ3) is 4.23. The molecular weight excluding hydrogens is 444 g/mol. The van der Waals surface area contributed by atoms with Crippen LogP contribution in [-0.2, 0) is 0 Å². The predicted octanol–water partition coefficient (Wildman–Crippen LogP) is 2.72. The molecule has 0 bridgehead atoms. The molecule has 0 spiro atoms. The maximum absolute atomic E-state index is 13.5. The Morgan fingerprint density at radius 2 is 2.00 bits per heavy atom. The number of carbonyl (C=O) groups excluding carboxylic acids is 1. The third-order valence-corrected chi connectivity index (χ3v) is 7.01. The van der Waals surface area contributed by atoms with Crippen molar-refractivity contribution in [2.24, 2.45) is 5.92 Å². The molecule has 1 aliphatic carbocycles. The first-order valence-electron chi connectivity index (χ1n) is 12.0. The number of pyridine rings is 2. The van der Waals surface area contributed by atoms with Gasteiger partial charge in [0.1, 0.15) is 11.5 Å². The SMILES string of the molecule is CC(=O)c1c(C)c2cnc(Nc3ccc(N4CCNCC4)cn3)nc2n([C@H]2CCCC2C#N)c1=O. The first kappa shape index (κ1) is 22.9. The second-order valence-corrected chi connectivity index (χ2v) is 9.16. The maximum Gasteiger partial charge on any atom is 0.263 e. The van der Waals surface area contributed by atoms with Gasteiger partial charge in [-0.15, -0.1) is 0 Å². The number of nitrogens with zero attached hydrogens (tertiary/aromatic N) is 6. The Kier molecular flexibility index (Phi) is 6.17. The molecule has 0 radical (unpaired) electrons. The van der Waals surface area contributed by atoms with Gasteiger partial charge in [-0.05, 0) is 50.8 Å². The van der Waals surface area contributed by atoms with Crippen LogP contribution in [0.15, 0.2) is 29.3 Å². The maximum atomic E-state index is 13.5. The summed E-state index contributed by atoms with van der Waals surface area (Å²) in [5.41, 5.74) is 1.79. The highest BCUT2D eigenvalue weighted by Crippen LogP contribution is 2.36. The zero-order valence-corrected chi connectivity index (χ0v) is 19.9. The summed E-state index contributed by atoms with van der Waals surface area (Å²) in [7, 11) is 0. The summed E-state index contributed by atoms with van der Waals surface area (Å²) in [5, 5.41) is 16.8. The Labute approximate surface area is 203 Å². The molecule has 1 saturated heterocycles. The standard InChI is InChI=1S/C25H28N8O2/c1-15-19-14-29-25(30-21-7-6-18(13-28-21)32-10-8-27-9-11-32)31-23(19)33(24(35)22(15)16(2)34)20-5-3-4-17(20)12-26/h6-7,13-14,17,20,27H,3-5,8-11H2,1-2H3,(H,28,29,30,31)/t17?,20-/m0/s1. The van der Waals surface area contributed by atoms with E-state index in [1.807, 2.05) is 18.3 Å². The van der Waals surface area contributed by atoms with Crippen LogP contribution in [0, 0.1) is 24.2 Å². The van der Waals surface area contributed by atoms with E-state index in [1.165, 1.54) is 6.92 Å². The summed E-state index contributed by atoms with van der Waals surface area (Å²) in [6, 6.07) is 5.90. The van der Waals surface area contributed by atoms with E-state index in [0.717, 1.165) is 44.7 Å². The van der Waals surface area contributed by atoms with Crippen LogP contribution in [-0.4, -0.2) is 51.5 Å². The summed E-state index contributed by atoms with van der Waals surface area (Å²) >= 11 is 0. The lowest BCUT2D eigenvalue weighted by Gasteiger charge is -2.29. The van der Waals surface area contributed by atoms with Crippen LogP contribution in [0.4, 0.5) is 17.5 Å². The van der Waals surface area contributed by atoms with Gasteiger partial charge in [-0.25, -0.2) is 9.97 Å². The van der Waals surface area contributed by atoms with Crippen molar-refractivity contribution in [3.8, 4) is 6.07 Å². The minimum atomic E-state index is -0.391. The summed E-state index contributed by atoms with van der Waals surface area (Å²) in [6.07, 6.45) is 5.71. The molecule has 1 aliphatic heterocycles. The van der Waals surface area contributed by atoms with Crippen LogP contribution in [0.3, 0.4) is 0 Å². The quantitative estimate of drug-likeness (QED) is 0.538. The summed E-state index contributed by atoms with van der Waals surface area (Å²) in [4.78, 5) is 41.7. The molecule has 10 nitrogen and oxygen atoms in total. The molecular formula is C25H28N8O2. The van der Waals surface area contributed by atoms with Crippen molar-refractivity contribution in [1.82, 2.24) is 24.8 Å². The number of nitriles is 1. The number of nitrogens with one attached hydrogen (secondary N) is 2. The van der Waals surface area contributed by atoms with E-state index in [0.29, 0.717) is 34.8 Å². The number of aryl methyl sites for hydroxylation is 1. The number of hydrogen-bond acceptors (Lipinski definition) is 9. The topological polar surface area (TPSA) is 129 Å². The lowest BCUT2D eigenvalue weighted by atomic mass is 10.0. The highest BCUT2D eigenvalue weighted by atomic mass is 16.1. The second kappa shape index (κ2) is 9.43. The zero-order chi connectivity index (χ0) is 24.5. The number of anilines is 3. The second-order valence-electron chi connectivity index (χ2n) is 9.16. The number of carbonyl (C=O) groups is 1. The molecule has 1 unspecified atom stereocenters. The van der Waals surface area contributed by atoms with Gasteiger partial charge in [0, 0.05) is 37.8 Å². The fraction of sp³-hybridized carbons (Fsp3) is 0.440. The number of rotatable bonds is 5. The molecule has 5 rings (SSSR count). The highest BCUT2D eigenvalue weighted by Gasteiger charge is 2.33. The van der Waals surface area contributed by atoms with Crippen LogP contribution in [0.25, 0.3) is 11.0 Å². The van der Waals surface area contributed by atoms with Crippen molar-refractivity contribution in [3.05, 3.63) is 46.0 Å². The van der Waals surface area contributed by atoms with E-state index >= 15 is 0 Å². The molecule has 2 atom stereocenters. The number of ketones is 1. The number of piperazine rings is 1. The Morgan fingerprint density at radius 1 is 1.20 bits per heavy atom. The normalized spacial score (nSPS) is 20.1. The van der Waals surface area contributed by atoms with E-state index in [1.54, 1.807) is 17.7 Å². The van der Waals surface area contributed by atoms with Crippen molar-refractivity contribution in [2.45, 2.75) is 39.2 Å². The molecule has 0 amide bonds. The molecule has 2 aliphatic rings. The van der Waals surface area contributed by atoms with Gasteiger partial charge in [0.2, 0.25) is 5.95 Å². The molecule has 2 N–H and O–H groups in total. The van der Waals surface area contributed by atoms with E-state index < -0.39 is 5.56 Å². The lowest BCUT2D eigenvalue weighted by molar-refractivity contribution is 0.101. The number of hydrogen-bond donors (Lipinski definition) is 2. The zero-order valence-electron chi connectivity index (χ0n) is 19.9. The first-order valence-corrected chi connectivity index (χ1v) is 12.0. The Bertz CT molecular complexity index is 1370. The molecule has 2 fully saturated rings. The molecule has 3 aromatic rings. The van der Waals surface area contributed by atoms with E-state index in [4.69, 9.17) is 0 Å². The minimum absolute atomic E-state index is 0.135. The monoisotopic (exact) mass is 472 g/mol. The van der Waals surface area contributed by atoms with Gasteiger partial charge in [-0.3, -0.25) is 14.2 Å². The molecule has 0 aromatic carbocycles. The van der Waals surface area contributed by atoms with Gasteiger partial charge in [-0.2, -0.15) is 10.2 Å². The average Bonchev–Trinajstić information content (AvgIpc) is 3.33. The van der Waals surface area contributed by atoms with Gasteiger partial charge in [0.25, 0.3) is 5.56 Å². The molecule has 180 valence electrons. The minimum Gasteiger partial charge on any atom is -0.368 e. The van der Waals surface area contributed by atoms with E-state index in [2.05, 4.69) is 36.6 Å². The average molecular weight is 473 g/mol. The molecule has 1 saturated carbocycles.